The number of aromatic nitrogens is 3. The molecular weight excluding hydrogens is 406 g/mol. The number of primary sulfonamides is 1. The highest BCUT2D eigenvalue weighted by Crippen LogP contribution is 2.30. The zero-order valence-electron chi connectivity index (χ0n) is 15.7. The Morgan fingerprint density at radius 2 is 2.07 bits per heavy atom. The lowest BCUT2D eigenvalue weighted by Crippen LogP contribution is -2.11. The van der Waals surface area contributed by atoms with E-state index >= 15 is 0 Å². The molecule has 0 saturated carbocycles. The summed E-state index contributed by atoms with van der Waals surface area (Å²) in [6.45, 7) is 2.84. The van der Waals surface area contributed by atoms with E-state index in [1.54, 1.807) is 6.07 Å². The van der Waals surface area contributed by atoms with Crippen LogP contribution in [0.3, 0.4) is 0 Å². The quantitative estimate of drug-likeness (QED) is 0.476. The predicted octanol–water partition coefficient (Wildman–Crippen LogP) is 3.51. The van der Waals surface area contributed by atoms with E-state index in [4.69, 9.17) is 5.14 Å². The number of benzene rings is 1. The van der Waals surface area contributed by atoms with Gasteiger partial charge < -0.3 is 8.97 Å². The molecule has 0 spiro atoms. The highest BCUT2D eigenvalue weighted by atomic mass is 32.2. The van der Waals surface area contributed by atoms with Gasteiger partial charge in [0.2, 0.25) is 10.0 Å². The summed E-state index contributed by atoms with van der Waals surface area (Å²) in [6, 6.07) is 12.8. The molecule has 29 heavy (non-hydrogen) atoms. The summed E-state index contributed by atoms with van der Waals surface area (Å²) in [4.78, 5) is 4.70. The molecule has 0 unspecified atom stereocenters. The molecule has 3 aromatic heterocycles. The summed E-state index contributed by atoms with van der Waals surface area (Å²) >= 11 is 1.53. The summed E-state index contributed by atoms with van der Waals surface area (Å²) < 4.78 is 27.4. The van der Waals surface area contributed by atoms with Crippen LogP contribution in [0.15, 0.2) is 58.8 Å². The standard InChI is InChI=1S/C20H19N5O2S2/c1-2-8-25-19-7-6-15(29(22,26)27)10-17(19)23-20(25)28-13-14-12-24-9-4-3-5-18(24)16(14)11-21/h3-7,9-10,12H,2,8,13H2,1H3,(H2,22,26,27). The van der Waals surface area contributed by atoms with Crippen molar-refractivity contribution in [2.75, 3.05) is 0 Å². The predicted molar refractivity (Wildman–Crippen MR) is 113 cm³/mol. The third-order valence-corrected chi connectivity index (χ3v) is 6.63. The number of fused-ring (bicyclic) bond motifs is 2. The highest BCUT2D eigenvalue weighted by Gasteiger charge is 2.16. The molecule has 0 radical (unpaired) electrons. The van der Waals surface area contributed by atoms with Gasteiger partial charge in [-0.15, -0.1) is 0 Å². The van der Waals surface area contributed by atoms with Crippen LogP contribution < -0.4 is 5.14 Å². The van der Waals surface area contributed by atoms with E-state index in [0.717, 1.165) is 34.7 Å². The number of nitrogens with zero attached hydrogens (tertiary/aromatic N) is 4. The molecule has 7 nitrogen and oxygen atoms in total. The Morgan fingerprint density at radius 3 is 2.79 bits per heavy atom. The Labute approximate surface area is 172 Å². The number of rotatable bonds is 6. The van der Waals surface area contributed by atoms with E-state index in [-0.39, 0.29) is 4.90 Å². The van der Waals surface area contributed by atoms with Crippen molar-refractivity contribution in [1.82, 2.24) is 14.0 Å². The molecule has 148 valence electrons. The van der Waals surface area contributed by atoms with E-state index in [1.807, 2.05) is 35.0 Å². The molecule has 0 atom stereocenters. The minimum absolute atomic E-state index is 0.0492. The van der Waals surface area contributed by atoms with E-state index in [1.165, 1.54) is 23.9 Å². The van der Waals surface area contributed by atoms with E-state index in [2.05, 4.69) is 22.5 Å². The molecule has 0 bridgehead atoms. The second-order valence-electron chi connectivity index (χ2n) is 6.66. The number of nitrogens with two attached hydrogens (primary N) is 1. The number of hydrogen-bond donors (Lipinski definition) is 1. The second-order valence-corrected chi connectivity index (χ2v) is 9.17. The van der Waals surface area contributed by atoms with E-state index in [0.29, 0.717) is 16.8 Å². The Hall–Kier alpha value is -2.80. The number of imidazole rings is 1. The smallest absolute Gasteiger partial charge is 0.238 e. The molecule has 0 aliphatic rings. The van der Waals surface area contributed by atoms with Gasteiger partial charge in [-0.3, -0.25) is 0 Å². The number of aryl methyl sites for hydroxylation is 1. The van der Waals surface area contributed by atoms with Crippen molar-refractivity contribution in [3.8, 4) is 6.07 Å². The molecule has 0 aliphatic carbocycles. The summed E-state index contributed by atoms with van der Waals surface area (Å²) in [5, 5.41) is 15.6. The van der Waals surface area contributed by atoms with E-state index in [9.17, 15) is 13.7 Å². The number of sulfonamides is 1. The van der Waals surface area contributed by atoms with Crippen LogP contribution in [0.25, 0.3) is 16.6 Å². The first kappa shape index (κ1) is 19.5. The molecule has 0 amide bonds. The van der Waals surface area contributed by atoms with Crippen LogP contribution in [0, 0.1) is 11.3 Å². The van der Waals surface area contributed by atoms with Gasteiger partial charge in [-0.1, -0.05) is 24.8 Å². The lowest BCUT2D eigenvalue weighted by molar-refractivity contribution is 0.598. The van der Waals surface area contributed by atoms with Crippen LogP contribution in [0.1, 0.15) is 24.5 Å². The third-order valence-electron chi connectivity index (χ3n) is 4.69. The van der Waals surface area contributed by atoms with Gasteiger partial charge in [-0.2, -0.15) is 5.26 Å². The molecule has 9 heteroatoms. The molecule has 4 rings (SSSR count). The van der Waals surface area contributed by atoms with Crippen LogP contribution in [-0.2, 0) is 22.3 Å². The maximum Gasteiger partial charge on any atom is 0.238 e. The number of pyridine rings is 1. The topological polar surface area (TPSA) is 106 Å². The maximum absolute atomic E-state index is 11.7. The van der Waals surface area contributed by atoms with Gasteiger partial charge >= 0.3 is 0 Å². The van der Waals surface area contributed by atoms with Crippen molar-refractivity contribution in [2.24, 2.45) is 5.14 Å². The highest BCUT2D eigenvalue weighted by molar-refractivity contribution is 7.98. The minimum Gasteiger partial charge on any atom is -0.322 e. The molecule has 1 aromatic carbocycles. The second kappa shape index (κ2) is 7.55. The largest absolute Gasteiger partial charge is 0.322 e. The van der Waals surface area contributed by atoms with Crippen LogP contribution in [-0.4, -0.2) is 22.4 Å². The molecule has 0 saturated heterocycles. The third kappa shape index (κ3) is 3.62. The van der Waals surface area contributed by atoms with Crippen molar-refractivity contribution < 1.29 is 8.42 Å². The first-order chi connectivity index (χ1) is 13.9. The molecule has 3 heterocycles. The van der Waals surface area contributed by atoms with Gasteiger partial charge in [-0.05, 0) is 42.3 Å². The fourth-order valence-electron chi connectivity index (χ4n) is 3.37. The van der Waals surface area contributed by atoms with Crippen molar-refractivity contribution in [2.45, 2.75) is 35.7 Å². The van der Waals surface area contributed by atoms with Gasteiger partial charge in [0.1, 0.15) is 6.07 Å². The molecule has 0 aliphatic heterocycles. The Balaban J connectivity index is 1.72. The van der Waals surface area contributed by atoms with Gasteiger partial charge in [-0.25, -0.2) is 18.5 Å². The van der Waals surface area contributed by atoms with Crippen molar-refractivity contribution in [1.29, 1.82) is 5.26 Å². The molecule has 0 fully saturated rings. The Kier molecular flexibility index (Phi) is 5.08. The van der Waals surface area contributed by atoms with Crippen molar-refractivity contribution >= 4 is 38.3 Å². The monoisotopic (exact) mass is 425 g/mol. The molecular formula is C20H19N5O2S2. The Bertz CT molecular complexity index is 1360. The molecule has 4 aromatic rings. The van der Waals surface area contributed by atoms with Gasteiger partial charge in [0.05, 0.1) is 27.0 Å². The summed E-state index contributed by atoms with van der Waals surface area (Å²) in [7, 11) is -3.78. The average molecular weight is 426 g/mol. The minimum atomic E-state index is -3.78. The fraction of sp³-hybridized carbons (Fsp3) is 0.200. The summed E-state index contributed by atoms with van der Waals surface area (Å²) in [6.07, 6.45) is 4.80. The SMILES string of the molecule is CCCn1c(SCc2cn3ccccc3c2C#N)nc2cc(S(N)(=O)=O)ccc21. The van der Waals surface area contributed by atoms with E-state index < -0.39 is 10.0 Å². The molecule has 2 N–H and O–H groups in total. The Morgan fingerprint density at radius 1 is 1.24 bits per heavy atom. The van der Waals surface area contributed by atoms with Crippen LogP contribution >= 0.6 is 11.8 Å². The first-order valence-corrected chi connectivity index (χ1v) is 11.6. The van der Waals surface area contributed by atoms with Crippen LogP contribution in [0.4, 0.5) is 0 Å². The van der Waals surface area contributed by atoms with Crippen molar-refractivity contribution in [3.05, 3.63) is 59.9 Å². The average Bonchev–Trinajstić information content (AvgIpc) is 3.23. The fourth-order valence-corrected chi connectivity index (χ4v) is 4.92. The van der Waals surface area contributed by atoms with Gasteiger partial charge in [0.25, 0.3) is 0 Å². The lowest BCUT2D eigenvalue weighted by Gasteiger charge is -2.07. The number of nitriles is 1. The zero-order valence-corrected chi connectivity index (χ0v) is 17.4. The number of hydrogen-bond acceptors (Lipinski definition) is 5. The normalized spacial score (nSPS) is 11.9. The summed E-state index contributed by atoms with van der Waals surface area (Å²) in [5.41, 5.74) is 3.93. The number of thioether (sulfide) groups is 1. The van der Waals surface area contributed by atoms with Gasteiger partial charge in [0, 0.05) is 24.7 Å². The van der Waals surface area contributed by atoms with Crippen LogP contribution in [0.5, 0.6) is 0 Å². The lowest BCUT2D eigenvalue weighted by atomic mass is 10.2. The maximum atomic E-state index is 11.7. The zero-order chi connectivity index (χ0) is 20.6. The first-order valence-electron chi connectivity index (χ1n) is 9.07. The van der Waals surface area contributed by atoms with Crippen LogP contribution in [0.2, 0.25) is 0 Å². The van der Waals surface area contributed by atoms with Gasteiger partial charge in [0.15, 0.2) is 5.16 Å². The van der Waals surface area contributed by atoms with Crippen molar-refractivity contribution in [3.63, 3.8) is 0 Å². The summed E-state index contributed by atoms with van der Waals surface area (Å²) in [5.74, 6) is 0.583.